The first kappa shape index (κ1) is 8.49. The number of thioether (sulfide) groups is 1. The smallest absolute Gasteiger partial charge is 0.233 e. The molecule has 52 valence electrons. The highest BCUT2D eigenvalue weighted by Crippen LogP contribution is 2.04. The molecule has 0 aromatic heterocycles. The van der Waals surface area contributed by atoms with Crippen LogP contribution in [-0.2, 0) is 9.59 Å². The van der Waals surface area contributed by atoms with Gasteiger partial charge in [-0.25, -0.2) is 0 Å². The monoisotopic (exact) mass is 147 g/mol. The lowest BCUT2D eigenvalue weighted by Crippen LogP contribution is -2.27. The second-order valence-corrected chi connectivity index (χ2v) is 2.66. The molecule has 0 radical (unpaired) electrons. The van der Waals surface area contributed by atoms with E-state index in [1.54, 1.807) is 14.0 Å². The summed E-state index contributed by atoms with van der Waals surface area (Å²) < 4.78 is 0. The van der Waals surface area contributed by atoms with Gasteiger partial charge in [0.15, 0.2) is 5.62 Å². The molecule has 0 bridgehead atoms. The van der Waals surface area contributed by atoms with E-state index in [0.29, 0.717) is 5.62 Å². The van der Waals surface area contributed by atoms with Gasteiger partial charge in [0.05, 0.1) is 5.25 Å². The van der Waals surface area contributed by atoms with Gasteiger partial charge in [-0.2, -0.15) is 0 Å². The van der Waals surface area contributed by atoms with Crippen molar-refractivity contribution in [2.45, 2.75) is 12.2 Å². The van der Waals surface area contributed by atoms with Gasteiger partial charge in [-0.3, -0.25) is 9.59 Å². The molecule has 0 aliphatic carbocycles. The summed E-state index contributed by atoms with van der Waals surface area (Å²) in [5.74, 6) is -0.118. The van der Waals surface area contributed by atoms with Gasteiger partial charge in [0.2, 0.25) is 5.91 Å². The second-order valence-electron chi connectivity index (χ2n) is 1.49. The lowest BCUT2D eigenvalue weighted by molar-refractivity contribution is -0.119. The number of carbonyl (C=O) groups excluding carboxylic acids is 2. The molecule has 0 fully saturated rings. The minimum Gasteiger partial charge on any atom is -0.358 e. The van der Waals surface area contributed by atoms with Gasteiger partial charge in [0.1, 0.15) is 0 Å². The number of hydrogen-bond acceptors (Lipinski definition) is 3. The van der Waals surface area contributed by atoms with Crippen LogP contribution in [0.25, 0.3) is 0 Å². The first-order valence-corrected chi connectivity index (χ1v) is 3.47. The van der Waals surface area contributed by atoms with E-state index in [0.717, 1.165) is 11.8 Å². The lowest BCUT2D eigenvalue weighted by atomic mass is 10.4. The molecule has 1 amide bonds. The fourth-order valence-electron chi connectivity index (χ4n) is 0.348. The molecule has 0 heterocycles. The fraction of sp³-hybridized carbons (Fsp3) is 0.600. The van der Waals surface area contributed by atoms with Gasteiger partial charge in [-0.15, -0.1) is 0 Å². The highest BCUT2D eigenvalue weighted by atomic mass is 32.2. The molecule has 1 unspecified atom stereocenters. The molecular formula is C5H9NO2S. The standard InChI is InChI=1S/C5H9NO2S/c1-4(9-3-7)5(8)6-2/h3-4H,1-2H3,(H,6,8). The first-order chi connectivity index (χ1) is 4.22. The summed E-state index contributed by atoms with van der Waals surface area (Å²) in [4.78, 5) is 20.4. The van der Waals surface area contributed by atoms with Crippen LogP contribution in [0.4, 0.5) is 0 Å². The van der Waals surface area contributed by atoms with Gasteiger partial charge in [-0.1, -0.05) is 11.8 Å². The second kappa shape index (κ2) is 4.38. The van der Waals surface area contributed by atoms with Crippen molar-refractivity contribution in [3.8, 4) is 0 Å². The third-order valence-corrected chi connectivity index (χ3v) is 1.61. The van der Waals surface area contributed by atoms with Gasteiger partial charge < -0.3 is 5.32 Å². The predicted octanol–water partition coefficient (Wildman–Crippen LogP) is 0.0443. The maximum absolute atomic E-state index is 10.6. The molecule has 0 saturated carbocycles. The third-order valence-electron chi connectivity index (χ3n) is 0.875. The molecule has 0 saturated heterocycles. The van der Waals surface area contributed by atoms with E-state index in [1.165, 1.54) is 0 Å². The molecular weight excluding hydrogens is 138 g/mol. The van der Waals surface area contributed by atoms with Crippen molar-refractivity contribution in [1.82, 2.24) is 5.32 Å². The van der Waals surface area contributed by atoms with E-state index in [9.17, 15) is 9.59 Å². The summed E-state index contributed by atoms with van der Waals surface area (Å²) in [7, 11) is 1.55. The zero-order valence-electron chi connectivity index (χ0n) is 5.38. The normalized spacial score (nSPS) is 12.2. The number of rotatable bonds is 3. The van der Waals surface area contributed by atoms with Gasteiger partial charge in [0, 0.05) is 7.05 Å². The summed E-state index contributed by atoms with van der Waals surface area (Å²) >= 11 is 0.971. The van der Waals surface area contributed by atoms with Crippen LogP contribution in [0, 0.1) is 0 Å². The average Bonchev–Trinajstić information content (AvgIpc) is 1.87. The van der Waals surface area contributed by atoms with E-state index in [1.807, 2.05) is 0 Å². The summed E-state index contributed by atoms with van der Waals surface area (Å²) in [6.07, 6.45) is 0. The van der Waals surface area contributed by atoms with Gasteiger partial charge in [-0.05, 0) is 6.92 Å². The van der Waals surface area contributed by atoms with Crippen LogP contribution in [0.1, 0.15) is 6.92 Å². The summed E-state index contributed by atoms with van der Waals surface area (Å²) in [5, 5.41) is 2.16. The average molecular weight is 147 g/mol. The molecule has 1 N–H and O–H groups in total. The zero-order chi connectivity index (χ0) is 7.28. The van der Waals surface area contributed by atoms with E-state index < -0.39 is 0 Å². The third kappa shape index (κ3) is 3.13. The predicted molar refractivity (Wildman–Crippen MR) is 37.9 cm³/mol. The highest BCUT2D eigenvalue weighted by molar-refractivity contribution is 8.12. The Kier molecular flexibility index (Phi) is 4.13. The van der Waals surface area contributed by atoms with Crippen LogP contribution in [-0.4, -0.2) is 23.8 Å². The minimum absolute atomic E-state index is 0.118. The molecule has 0 rings (SSSR count). The van der Waals surface area contributed by atoms with Crippen LogP contribution in [0.15, 0.2) is 0 Å². The number of hydrogen-bond donors (Lipinski definition) is 1. The number of amides is 1. The Morgan fingerprint density at radius 2 is 2.33 bits per heavy atom. The molecule has 0 aromatic rings. The van der Waals surface area contributed by atoms with Crippen LogP contribution >= 0.6 is 11.8 Å². The van der Waals surface area contributed by atoms with Gasteiger partial charge >= 0.3 is 0 Å². The van der Waals surface area contributed by atoms with E-state index in [2.05, 4.69) is 5.32 Å². The maximum Gasteiger partial charge on any atom is 0.233 e. The van der Waals surface area contributed by atoms with Crippen LogP contribution in [0.5, 0.6) is 0 Å². The van der Waals surface area contributed by atoms with Crippen molar-refractivity contribution in [3.63, 3.8) is 0 Å². The van der Waals surface area contributed by atoms with Crippen molar-refractivity contribution in [1.29, 1.82) is 0 Å². The lowest BCUT2D eigenvalue weighted by Gasteiger charge is -2.02. The molecule has 3 nitrogen and oxygen atoms in total. The Bertz CT molecular complexity index is 116. The van der Waals surface area contributed by atoms with Crippen molar-refractivity contribution in [3.05, 3.63) is 0 Å². The van der Waals surface area contributed by atoms with E-state index >= 15 is 0 Å². The molecule has 0 aliphatic heterocycles. The molecule has 9 heavy (non-hydrogen) atoms. The molecule has 4 heteroatoms. The quantitative estimate of drug-likeness (QED) is 0.573. The first-order valence-electron chi connectivity index (χ1n) is 2.53. The van der Waals surface area contributed by atoms with E-state index in [4.69, 9.17) is 0 Å². The Hall–Kier alpha value is -0.510. The SMILES string of the molecule is CNC(=O)C(C)SC=O. The zero-order valence-corrected chi connectivity index (χ0v) is 6.20. The Morgan fingerprint density at radius 3 is 2.67 bits per heavy atom. The minimum atomic E-state index is -0.271. The molecule has 0 aromatic carbocycles. The number of nitrogens with one attached hydrogen (secondary N) is 1. The molecule has 0 aliphatic rings. The highest BCUT2D eigenvalue weighted by Gasteiger charge is 2.09. The van der Waals surface area contributed by atoms with Crippen LogP contribution in [0.2, 0.25) is 0 Å². The summed E-state index contributed by atoms with van der Waals surface area (Å²) in [6, 6.07) is 0. The summed E-state index contributed by atoms with van der Waals surface area (Å²) in [6.45, 7) is 1.68. The van der Waals surface area contributed by atoms with Crippen molar-refractivity contribution >= 4 is 23.3 Å². The maximum atomic E-state index is 10.6. The van der Waals surface area contributed by atoms with E-state index in [-0.39, 0.29) is 11.2 Å². The largest absolute Gasteiger partial charge is 0.358 e. The Balaban J connectivity index is 3.58. The number of carbonyl (C=O) groups is 2. The van der Waals surface area contributed by atoms with Gasteiger partial charge in [0.25, 0.3) is 0 Å². The molecule has 1 atom stereocenters. The fourth-order valence-corrected chi connectivity index (χ4v) is 0.757. The van der Waals surface area contributed by atoms with Crippen molar-refractivity contribution < 1.29 is 9.59 Å². The van der Waals surface area contributed by atoms with Crippen molar-refractivity contribution in [2.75, 3.05) is 7.05 Å². The Labute approximate surface area is 58.2 Å². The molecule has 0 spiro atoms. The van der Waals surface area contributed by atoms with Crippen molar-refractivity contribution in [2.24, 2.45) is 0 Å². The Morgan fingerprint density at radius 1 is 1.78 bits per heavy atom. The summed E-state index contributed by atoms with van der Waals surface area (Å²) in [5.41, 5.74) is 0.667. The van der Waals surface area contributed by atoms with Crippen LogP contribution in [0.3, 0.4) is 0 Å². The topological polar surface area (TPSA) is 46.2 Å². The van der Waals surface area contributed by atoms with Crippen LogP contribution < -0.4 is 5.32 Å².